The molecular weight excluding hydrogens is 414 g/mol. The number of amides is 3. The Morgan fingerprint density at radius 3 is 2.34 bits per heavy atom. The maximum atomic E-state index is 13.2. The van der Waals surface area contributed by atoms with E-state index in [0.29, 0.717) is 22.6 Å². The molecule has 154 valence electrons. The van der Waals surface area contributed by atoms with Crippen LogP contribution in [0.1, 0.15) is 24.5 Å². The Labute approximate surface area is 175 Å². The molecule has 1 aliphatic heterocycles. The van der Waals surface area contributed by atoms with Crippen LogP contribution in [0.4, 0.5) is 4.79 Å². The number of benzene rings is 2. The highest BCUT2D eigenvalue weighted by atomic mass is 35.5. The summed E-state index contributed by atoms with van der Waals surface area (Å²) in [5.74, 6) is -0.381. The van der Waals surface area contributed by atoms with Gasteiger partial charge in [-0.15, -0.1) is 0 Å². The van der Waals surface area contributed by atoms with Crippen LogP contribution in [0.3, 0.4) is 0 Å². The normalized spacial score (nSPS) is 19.7. The van der Waals surface area contributed by atoms with Crippen LogP contribution >= 0.6 is 11.6 Å². The third-order valence-corrected chi connectivity index (χ3v) is 7.12. The van der Waals surface area contributed by atoms with E-state index in [4.69, 9.17) is 11.6 Å². The van der Waals surface area contributed by atoms with Crippen molar-refractivity contribution in [1.29, 1.82) is 0 Å². The molecule has 1 heterocycles. The number of hydrogen-bond acceptors (Lipinski definition) is 4. The molecule has 3 rings (SSSR count). The lowest BCUT2D eigenvalue weighted by Gasteiger charge is -2.26. The second kappa shape index (κ2) is 7.78. The summed E-state index contributed by atoms with van der Waals surface area (Å²) in [6, 6.07) is 12.5. The molecular formula is C20H22ClN3O4S. The molecule has 3 amide bonds. The predicted octanol–water partition coefficient (Wildman–Crippen LogP) is 2.95. The molecule has 0 spiro atoms. The first kappa shape index (κ1) is 21.3. The third kappa shape index (κ3) is 3.75. The van der Waals surface area contributed by atoms with Crippen molar-refractivity contribution in [3.8, 4) is 0 Å². The van der Waals surface area contributed by atoms with Crippen LogP contribution in [-0.4, -0.2) is 43.7 Å². The number of urea groups is 1. The first-order valence-electron chi connectivity index (χ1n) is 9.03. The number of nitrogens with zero attached hydrogens (tertiary/aromatic N) is 2. The SMILES string of the molecule is CC[C@]1(c2ccc(Cl)cc2)NC(=O)N(Cc2cccc(S(=O)(=O)N(C)C)c2)C1=O. The fourth-order valence-corrected chi connectivity index (χ4v) is 4.44. The molecule has 0 aromatic heterocycles. The highest BCUT2D eigenvalue weighted by Crippen LogP contribution is 2.34. The summed E-state index contributed by atoms with van der Waals surface area (Å²) in [5.41, 5.74) is 0.0169. The number of carbonyl (C=O) groups is 2. The molecule has 1 aliphatic rings. The van der Waals surface area contributed by atoms with Gasteiger partial charge in [-0.25, -0.2) is 17.5 Å². The largest absolute Gasteiger partial charge is 0.325 e. The van der Waals surface area contributed by atoms with E-state index in [9.17, 15) is 18.0 Å². The zero-order valence-corrected chi connectivity index (χ0v) is 17.9. The van der Waals surface area contributed by atoms with E-state index in [1.54, 1.807) is 36.4 Å². The van der Waals surface area contributed by atoms with Gasteiger partial charge in [0.1, 0.15) is 5.54 Å². The summed E-state index contributed by atoms with van der Waals surface area (Å²) in [4.78, 5) is 27.1. The molecule has 0 radical (unpaired) electrons. The Kier molecular flexibility index (Phi) is 5.71. The molecule has 1 atom stereocenters. The van der Waals surface area contributed by atoms with Crippen LogP contribution in [0.15, 0.2) is 53.4 Å². The molecule has 2 aromatic carbocycles. The van der Waals surface area contributed by atoms with Crippen LogP contribution in [-0.2, 0) is 26.9 Å². The summed E-state index contributed by atoms with van der Waals surface area (Å²) < 4.78 is 25.8. The number of carbonyl (C=O) groups excluding carboxylic acids is 2. The Hall–Kier alpha value is -2.42. The van der Waals surface area contributed by atoms with Gasteiger partial charge in [0.25, 0.3) is 5.91 Å². The molecule has 9 heteroatoms. The number of hydrogen-bond donors (Lipinski definition) is 1. The van der Waals surface area contributed by atoms with Gasteiger partial charge in [-0.2, -0.15) is 0 Å². The van der Waals surface area contributed by atoms with Gasteiger partial charge in [0.15, 0.2) is 0 Å². The molecule has 29 heavy (non-hydrogen) atoms. The molecule has 0 bridgehead atoms. The molecule has 1 fully saturated rings. The van der Waals surface area contributed by atoms with Gasteiger partial charge in [0, 0.05) is 19.1 Å². The molecule has 0 aliphatic carbocycles. The highest BCUT2D eigenvalue weighted by molar-refractivity contribution is 7.89. The van der Waals surface area contributed by atoms with E-state index in [2.05, 4.69) is 5.32 Å². The van der Waals surface area contributed by atoms with Crippen molar-refractivity contribution in [2.24, 2.45) is 0 Å². The second-order valence-electron chi connectivity index (χ2n) is 7.02. The lowest BCUT2D eigenvalue weighted by molar-refractivity contribution is -0.132. The van der Waals surface area contributed by atoms with Crippen LogP contribution < -0.4 is 5.32 Å². The van der Waals surface area contributed by atoms with Gasteiger partial charge >= 0.3 is 6.03 Å². The predicted molar refractivity (Wildman–Crippen MR) is 110 cm³/mol. The molecule has 1 N–H and O–H groups in total. The maximum absolute atomic E-state index is 13.2. The molecule has 1 saturated heterocycles. The van der Waals surface area contributed by atoms with E-state index in [0.717, 1.165) is 9.21 Å². The highest BCUT2D eigenvalue weighted by Gasteiger charge is 2.51. The summed E-state index contributed by atoms with van der Waals surface area (Å²) in [7, 11) is -0.727. The Morgan fingerprint density at radius 2 is 1.76 bits per heavy atom. The van der Waals surface area contributed by atoms with E-state index >= 15 is 0 Å². The quantitative estimate of drug-likeness (QED) is 0.707. The standard InChI is InChI=1S/C20H22ClN3O4S/c1-4-20(15-8-10-16(21)11-9-15)18(25)24(19(26)22-20)13-14-6-5-7-17(12-14)29(27,28)23(2)3/h5-12H,4,13H2,1-3H3,(H,22,26)/t20-/m1/s1. The van der Waals surface area contributed by atoms with E-state index in [1.165, 1.54) is 26.2 Å². The molecule has 0 saturated carbocycles. The van der Waals surface area contributed by atoms with Crippen molar-refractivity contribution < 1.29 is 18.0 Å². The minimum Gasteiger partial charge on any atom is -0.319 e. The second-order valence-corrected chi connectivity index (χ2v) is 9.61. The number of nitrogens with one attached hydrogen (secondary N) is 1. The van der Waals surface area contributed by atoms with E-state index < -0.39 is 21.6 Å². The molecule has 7 nitrogen and oxygen atoms in total. The lowest BCUT2D eigenvalue weighted by Crippen LogP contribution is -2.43. The minimum absolute atomic E-state index is 0.0310. The van der Waals surface area contributed by atoms with Crippen molar-refractivity contribution in [1.82, 2.24) is 14.5 Å². The van der Waals surface area contributed by atoms with E-state index in [1.807, 2.05) is 6.92 Å². The fourth-order valence-electron chi connectivity index (χ4n) is 3.34. The van der Waals surface area contributed by atoms with Crippen molar-refractivity contribution in [3.63, 3.8) is 0 Å². The minimum atomic E-state index is -3.62. The van der Waals surface area contributed by atoms with Crippen molar-refractivity contribution in [3.05, 3.63) is 64.7 Å². The van der Waals surface area contributed by atoms with Gasteiger partial charge < -0.3 is 5.32 Å². The molecule has 0 unspecified atom stereocenters. The van der Waals surface area contributed by atoms with Gasteiger partial charge in [0.05, 0.1) is 11.4 Å². The Morgan fingerprint density at radius 1 is 1.10 bits per heavy atom. The summed E-state index contributed by atoms with van der Waals surface area (Å²) in [6.45, 7) is 1.79. The first-order chi connectivity index (χ1) is 13.6. The van der Waals surface area contributed by atoms with Crippen LogP contribution in [0.25, 0.3) is 0 Å². The smallest absolute Gasteiger partial charge is 0.319 e. The number of imide groups is 1. The zero-order valence-electron chi connectivity index (χ0n) is 16.3. The summed E-state index contributed by atoms with van der Waals surface area (Å²) >= 11 is 5.95. The average molecular weight is 436 g/mol. The monoisotopic (exact) mass is 435 g/mol. The van der Waals surface area contributed by atoms with Crippen molar-refractivity contribution >= 4 is 33.6 Å². The topological polar surface area (TPSA) is 86.8 Å². The average Bonchev–Trinajstić information content (AvgIpc) is 2.93. The van der Waals surface area contributed by atoms with Gasteiger partial charge in [-0.3, -0.25) is 9.69 Å². The zero-order chi connectivity index (χ0) is 21.4. The van der Waals surface area contributed by atoms with Crippen molar-refractivity contribution in [2.75, 3.05) is 14.1 Å². The number of sulfonamides is 1. The number of halogens is 1. The summed E-state index contributed by atoms with van der Waals surface area (Å²) in [6.07, 6.45) is 0.366. The maximum Gasteiger partial charge on any atom is 0.325 e. The van der Waals surface area contributed by atoms with Crippen LogP contribution in [0, 0.1) is 0 Å². The number of rotatable bonds is 6. The first-order valence-corrected chi connectivity index (χ1v) is 10.9. The van der Waals surface area contributed by atoms with Crippen LogP contribution in [0.2, 0.25) is 5.02 Å². The third-order valence-electron chi connectivity index (χ3n) is 5.06. The van der Waals surface area contributed by atoms with Crippen molar-refractivity contribution in [2.45, 2.75) is 30.3 Å². The van der Waals surface area contributed by atoms with Gasteiger partial charge in [-0.1, -0.05) is 42.8 Å². The van der Waals surface area contributed by atoms with E-state index in [-0.39, 0.29) is 17.3 Å². The lowest BCUT2D eigenvalue weighted by atomic mass is 9.87. The Balaban J connectivity index is 1.92. The van der Waals surface area contributed by atoms with Crippen LogP contribution in [0.5, 0.6) is 0 Å². The summed E-state index contributed by atoms with van der Waals surface area (Å²) in [5, 5.41) is 3.34. The molecule has 2 aromatic rings. The van der Waals surface area contributed by atoms with Gasteiger partial charge in [-0.05, 0) is 41.8 Å². The Bertz CT molecular complexity index is 1050. The van der Waals surface area contributed by atoms with Gasteiger partial charge in [0.2, 0.25) is 10.0 Å². The fraction of sp³-hybridized carbons (Fsp3) is 0.300.